The molecule has 0 spiro atoms. The molecule has 0 saturated carbocycles. The van der Waals surface area contributed by atoms with E-state index in [1.165, 1.54) is 16.8 Å². The zero-order valence-corrected chi connectivity index (χ0v) is 13.9. The molecule has 0 saturated heterocycles. The fourth-order valence-corrected chi connectivity index (χ4v) is 3.23. The van der Waals surface area contributed by atoms with Gasteiger partial charge in [0, 0.05) is 5.02 Å². The van der Waals surface area contributed by atoms with Crippen molar-refractivity contribution in [2.24, 2.45) is 4.36 Å². The second kappa shape index (κ2) is 6.24. The molecule has 1 heterocycles. The first-order chi connectivity index (χ1) is 9.49. The van der Waals surface area contributed by atoms with E-state index in [0.717, 1.165) is 0 Å². The summed E-state index contributed by atoms with van der Waals surface area (Å²) in [6.45, 7) is 0. The Morgan fingerprint density at radius 1 is 1.35 bits per heavy atom. The molecule has 1 aromatic carbocycles. The highest BCUT2D eigenvalue weighted by molar-refractivity contribution is 9.10. The van der Waals surface area contributed by atoms with Gasteiger partial charge >= 0.3 is 0 Å². The molecule has 20 heavy (non-hydrogen) atoms. The number of nitrogens with zero attached hydrogens (tertiary/aromatic N) is 4. The van der Waals surface area contributed by atoms with Gasteiger partial charge in [-0.25, -0.2) is 4.68 Å². The molecule has 0 atom stereocenters. The van der Waals surface area contributed by atoms with Crippen molar-refractivity contribution in [3.63, 3.8) is 0 Å². The van der Waals surface area contributed by atoms with Crippen molar-refractivity contribution >= 4 is 68.0 Å². The number of rotatable bonds is 2. The highest BCUT2D eigenvalue weighted by atomic mass is 79.9. The molecule has 0 aliphatic rings. The third kappa shape index (κ3) is 2.75. The third-order valence-electron chi connectivity index (χ3n) is 2.23. The summed E-state index contributed by atoms with van der Waals surface area (Å²) in [5.74, 6) is 0.132. The molecule has 10 heteroatoms. The van der Waals surface area contributed by atoms with Crippen LogP contribution in [0.1, 0.15) is 5.69 Å². The summed E-state index contributed by atoms with van der Waals surface area (Å²) in [5.41, 5.74) is 0.340. The lowest BCUT2D eigenvalue weighted by molar-refractivity contribution is 0.698. The van der Waals surface area contributed by atoms with Crippen molar-refractivity contribution in [2.45, 2.75) is 0 Å². The van der Waals surface area contributed by atoms with Crippen LogP contribution in [0.25, 0.3) is 5.69 Å². The summed E-state index contributed by atoms with van der Waals surface area (Å²) >= 11 is 21.2. The fourth-order valence-electron chi connectivity index (χ4n) is 1.47. The van der Waals surface area contributed by atoms with Gasteiger partial charge in [-0.3, -0.25) is 0 Å². The monoisotopic (exact) mass is 410 g/mol. The first-order valence-electron chi connectivity index (χ1n) is 4.83. The van der Waals surface area contributed by atoms with Gasteiger partial charge in [0.05, 0.1) is 10.0 Å². The largest absolute Gasteiger partial charge is 0.209 e. The Kier molecular flexibility index (Phi) is 4.83. The van der Waals surface area contributed by atoms with Crippen molar-refractivity contribution in [3.05, 3.63) is 37.4 Å². The van der Waals surface area contributed by atoms with Gasteiger partial charge in [-0.15, -0.1) is 4.36 Å². The lowest BCUT2D eigenvalue weighted by Gasteiger charge is -2.08. The van der Waals surface area contributed by atoms with Crippen molar-refractivity contribution in [1.82, 2.24) is 9.78 Å². The van der Waals surface area contributed by atoms with E-state index in [4.69, 9.17) is 40.1 Å². The van der Waals surface area contributed by atoms with Gasteiger partial charge in [0.2, 0.25) is 11.5 Å². The average Bonchev–Trinajstić information content (AvgIpc) is 2.67. The number of aromatic nitrogens is 2. The summed E-state index contributed by atoms with van der Waals surface area (Å²) < 4.78 is 15.8. The average molecular weight is 412 g/mol. The van der Waals surface area contributed by atoms with Crippen molar-refractivity contribution in [2.75, 3.05) is 0 Å². The lowest BCUT2D eigenvalue weighted by atomic mass is 10.3. The number of hydrogen-bond acceptors (Lipinski definition) is 4. The minimum absolute atomic E-state index is 0.0211. The molecule has 1 aromatic heterocycles. The molecular formula is C10H2BrCl3N4OS. The Labute approximate surface area is 140 Å². The highest BCUT2D eigenvalue weighted by Crippen LogP contribution is 2.38. The summed E-state index contributed by atoms with van der Waals surface area (Å²) in [6.07, 6.45) is 0. The number of hydrogen-bond donors (Lipinski definition) is 0. The van der Waals surface area contributed by atoms with Crippen LogP contribution in [0.2, 0.25) is 15.1 Å². The van der Waals surface area contributed by atoms with E-state index in [9.17, 15) is 4.21 Å². The van der Waals surface area contributed by atoms with Crippen LogP contribution in [0, 0.1) is 11.3 Å². The van der Waals surface area contributed by atoms with Gasteiger partial charge in [-0.05, 0) is 28.1 Å². The first-order valence-corrected chi connectivity index (χ1v) is 7.45. The molecular weight excluding hydrogens is 410 g/mol. The SMILES string of the molecule is N#Cc1nn(-c2c(Cl)cc(Cl)cc2Cl)c(N=S=O)c1Br. The minimum atomic E-state index is -0.0211. The molecule has 0 aliphatic heterocycles. The summed E-state index contributed by atoms with van der Waals surface area (Å²) in [6, 6.07) is 4.82. The van der Waals surface area contributed by atoms with E-state index in [1.807, 2.05) is 6.07 Å². The van der Waals surface area contributed by atoms with Crippen molar-refractivity contribution < 1.29 is 4.21 Å². The maximum Gasteiger partial charge on any atom is 0.206 e. The van der Waals surface area contributed by atoms with Crippen molar-refractivity contribution in [1.29, 1.82) is 5.26 Å². The van der Waals surface area contributed by atoms with Crippen LogP contribution in [0.15, 0.2) is 21.0 Å². The Bertz CT molecular complexity index is 772. The van der Waals surface area contributed by atoms with Crippen molar-refractivity contribution in [3.8, 4) is 11.8 Å². The molecule has 5 nitrogen and oxygen atoms in total. The van der Waals surface area contributed by atoms with Crippen LogP contribution in [-0.4, -0.2) is 14.0 Å². The lowest BCUT2D eigenvalue weighted by Crippen LogP contribution is -1.98. The Hall–Kier alpha value is -0.910. The van der Waals surface area contributed by atoms with E-state index >= 15 is 0 Å². The Morgan fingerprint density at radius 3 is 2.45 bits per heavy atom. The molecule has 0 amide bonds. The second-order valence-corrected chi connectivity index (χ2v) is 5.77. The van der Waals surface area contributed by atoms with Crippen LogP contribution in [0.5, 0.6) is 0 Å². The van der Waals surface area contributed by atoms with Gasteiger partial charge in [-0.2, -0.15) is 14.6 Å². The summed E-state index contributed by atoms with van der Waals surface area (Å²) in [7, 11) is 0. The molecule has 102 valence electrons. The van der Waals surface area contributed by atoms with Gasteiger partial charge in [0.15, 0.2) is 11.5 Å². The number of halogens is 4. The number of benzene rings is 1. The normalized spacial score (nSPS) is 10.2. The van der Waals surface area contributed by atoms with Gasteiger partial charge in [0.25, 0.3) is 0 Å². The third-order valence-corrected chi connectivity index (χ3v) is 4.00. The predicted molar refractivity (Wildman–Crippen MR) is 81.2 cm³/mol. The molecule has 2 rings (SSSR count). The van der Waals surface area contributed by atoms with E-state index in [-0.39, 0.29) is 43.2 Å². The Morgan fingerprint density at radius 2 is 1.95 bits per heavy atom. The fraction of sp³-hybridized carbons (Fsp3) is 0. The van der Waals surface area contributed by atoms with E-state index in [2.05, 4.69) is 25.4 Å². The van der Waals surface area contributed by atoms with E-state index in [0.29, 0.717) is 5.02 Å². The standard InChI is InChI=1S/C10H2BrCl3N4OS/c11-8-7(3-15)16-18(10(8)17-20-19)9-5(13)1-4(12)2-6(9)14/h1-2H. The van der Waals surface area contributed by atoms with Crippen LogP contribution in [-0.2, 0) is 11.5 Å². The van der Waals surface area contributed by atoms with Gasteiger partial charge in [0.1, 0.15) is 16.2 Å². The topological polar surface area (TPSA) is 71.0 Å². The second-order valence-electron chi connectivity index (χ2n) is 3.39. The minimum Gasteiger partial charge on any atom is -0.209 e. The molecule has 2 aromatic rings. The number of nitriles is 1. The van der Waals surface area contributed by atoms with Crippen LogP contribution in [0.3, 0.4) is 0 Å². The van der Waals surface area contributed by atoms with Crippen LogP contribution in [0.4, 0.5) is 5.82 Å². The molecule has 0 aliphatic carbocycles. The van der Waals surface area contributed by atoms with E-state index in [1.54, 1.807) is 0 Å². The smallest absolute Gasteiger partial charge is 0.206 e. The molecule has 0 unspecified atom stereocenters. The zero-order valence-electron chi connectivity index (χ0n) is 9.27. The molecule has 0 bridgehead atoms. The highest BCUT2D eigenvalue weighted by Gasteiger charge is 2.20. The summed E-state index contributed by atoms with van der Waals surface area (Å²) in [4.78, 5) is 0. The maximum atomic E-state index is 10.7. The van der Waals surface area contributed by atoms with E-state index < -0.39 is 0 Å². The first kappa shape index (κ1) is 15.5. The maximum absolute atomic E-state index is 10.7. The Balaban J connectivity index is 2.83. The molecule has 0 N–H and O–H groups in total. The zero-order chi connectivity index (χ0) is 14.9. The summed E-state index contributed by atoms with van der Waals surface area (Å²) in [5, 5.41) is 13.8. The van der Waals surface area contributed by atoms with Gasteiger partial charge in [-0.1, -0.05) is 34.8 Å². The quantitative estimate of drug-likeness (QED) is 0.729. The predicted octanol–water partition coefficient (Wildman–Crippen LogP) is 4.49. The molecule has 0 radical (unpaired) electrons. The van der Waals surface area contributed by atoms with Gasteiger partial charge < -0.3 is 0 Å². The van der Waals surface area contributed by atoms with Crippen LogP contribution < -0.4 is 0 Å². The van der Waals surface area contributed by atoms with Crippen LogP contribution >= 0.6 is 50.7 Å². The molecule has 0 fully saturated rings.